The predicted octanol–water partition coefficient (Wildman–Crippen LogP) is 2.46. The molecule has 0 saturated carbocycles. The van der Waals surface area contributed by atoms with E-state index in [-0.39, 0.29) is 5.91 Å². The van der Waals surface area contributed by atoms with E-state index < -0.39 is 0 Å². The summed E-state index contributed by atoms with van der Waals surface area (Å²) in [6.45, 7) is 2.19. The van der Waals surface area contributed by atoms with Gasteiger partial charge in [0.05, 0.1) is 28.7 Å². The lowest BCUT2D eigenvalue weighted by Gasteiger charge is -2.26. The van der Waals surface area contributed by atoms with Crippen molar-refractivity contribution in [1.82, 2.24) is 40.4 Å². The fourth-order valence-corrected chi connectivity index (χ4v) is 3.94. The van der Waals surface area contributed by atoms with Crippen LogP contribution in [0.3, 0.4) is 0 Å². The summed E-state index contributed by atoms with van der Waals surface area (Å²) in [6, 6.07) is 13.4. The first-order valence-electron chi connectivity index (χ1n) is 10.0. The van der Waals surface area contributed by atoms with Crippen molar-refractivity contribution in [3.63, 3.8) is 0 Å². The number of allylic oxidation sites excluding steroid dienone is 1. The van der Waals surface area contributed by atoms with Crippen molar-refractivity contribution in [3.8, 4) is 11.5 Å². The molecule has 1 aliphatic heterocycles. The number of H-pyrrole nitrogens is 2. The van der Waals surface area contributed by atoms with Crippen LogP contribution in [0.2, 0.25) is 0 Å². The monoisotopic (exact) mass is 426 g/mol. The SMILES string of the molecule is CC1=C(C(=O)Nc2ccc3[nH]nc(-c4nc5ccccc5[nH]4)c3c2)Cn2nnnc2N1C. The maximum Gasteiger partial charge on any atom is 0.255 e. The highest BCUT2D eigenvalue weighted by Crippen LogP contribution is 2.29. The quantitative estimate of drug-likeness (QED) is 0.403. The minimum Gasteiger partial charge on any atom is -0.337 e. The Labute approximate surface area is 181 Å². The lowest BCUT2D eigenvalue weighted by Crippen LogP contribution is -2.32. The molecule has 0 aliphatic carbocycles. The van der Waals surface area contributed by atoms with Gasteiger partial charge in [0.1, 0.15) is 5.69 Å². The van der Waals surface area contributed by atoms with Gasteiger partial charge in [-0.3, -0.25) is 9.89 Å². The number of anilines is 2. The van der Waals surface area contributed by atoms with Crippen molar-refractivity contribution in [2.75, 3.05) is 17.3 Å². The summed E-state index contributed by atoms with van der Waals surface area (Å²) in [5.74, 6) is 1.07. The van der Waals surface area contributed by atoms with Crippen LogP contribution in [0.4, 0.5) is 11.6 Å². The molecule has 3 N–H and O–H groups in total. The van der Waals surface area contributed by atoms with Crippen molar-refractivity contribution < 1.29 is 4.79 Å². The van der Waals surface area contributed by atoms with Gasteiger partial charge in [0.2, 0.25) is 5.95 Å². The fraction of sp³-hybridized carbons (Fsp3) is 0.143. The Morgan fingerprint density at radius 2 is 2.03 bits per heavy atom. The molecule has 11 heteroatoms. The number of imidazole rings is 1. The zero-order valence-electron chi connectivity index (χ0n) is 17.3. The van der Waals surface area contributed by atoms with E-state index in [2.05, 4.69) is 41.0 Å². The maximum absolute atomic E-state index is 13.1. The van der Waals surface area contributed by atoms with E-state index in [1.165, 1.54) is 0 Å². The molecule has 0 bridgehead atoms. The van der Waals surface area contributed by atoms with Crippen LogP contribution in [0.1, 0.15) is 6.92 Å². The number of para-hydroxylation sites is 2. The van der Waals surface area contributed by atoms with Gasteiger partial charge in [0.15, 0.2) is 5.82 Å². The van der Waals surface area contributed by atoms with Gasteiger partial charge >= 0.3 is 0 Å². The molecule has 3 aromatic heterocycles. The maximum atomic E-state index is 13.1. The van der Waals surface area contributed by atoms with Gasteiger partial charge in [-0.2, -0.15) is 5.10 Å². The number of carbonyl (C=O) groups is 1. The number of nitrogens with one attached hydrogen (secondary N) is 3. The Bertz CT molecular complexity index is 1510. The molecule has 1 amide bonds. The second kappa shape index (κ2) is 6.74. The van der Waals surface area contributed by atoms with Crippen molar-refractivity contribution in [2.24, 2.45) is 0 Å². The lowest BCUT2D eigenvalue weighted by atomic mass is 10.1. The Balaban J connectivity index is 1.33. The minimum atomic E-state index is -0.205. The van der Waals surface area contributed by atoms with Crippen LogP contribution in [0.5, 0.6) is 0 Å². The number of hydrogen-bond acceptors (Lipinski definition) is 7. The average Bonchev–Trinajstić information content (AvgIpc) is 3.53. The highest BCUT2D eigenvalue weighted by Gasteiger charge is 2.26. The summed E-state index contributed by atoms with van der Waals surface area (Å²) < 4.78 is 1.60. The number of carbonyl (C=O) groups excluding carboxylic acids is 1. The third-order valence-corrected chi connectivity index (χ3v) is 5.77. The normalized spacial score (nSPS) is 13.8. The smallest absolute Gasteiger partial charge is 0.255 e. The summed E-state index contributed by atoms with van der Waals surface area (Å²) in [7, 11) is 1.83. The molecule has 0 atom stereocenters. The van der Waals surface area contributed by atoms with E-state index >= 15 is 0 Å². The first-order chi connectivity index (χ1) is 15.6. The highest BCUT2D eigenvalue weighted by atomic mass is 16.1. The summed E-state index contributed by atoms with van der Waals surface area (Å²) in [4.78, 5) is 22.8. The van der Waals surface area contributed by atoms with Crippen LogP contribution in [0, 0.1) is 0 Å². The number of amides is 1. The second-order valence-corrected chi connectivity index (χ2v) is 7.65. The van der Waals surface area contributed by atoms with E-state index in [1.54, 1.807) is 9.58 Å². The van der Waals surface area contributed by atoms with Gasteiger partial charge in [-0.1, -0.05) is 17.2 Å². The molecule has 158 valence electrons. The molecule has 11 nitrogen and oxygen atoms in total. The molecular weight excluding hydrogens is 408 g/mol. The third-order valence-electron chi connectivity index (χ3n) is 5.77. The Hall–Kier alpha value is -4.54. The zero-order valence-corrected chi connectivity index (χ0v) is 17.3. The van der Waals surface area contributed by atoms with Gasteiger partial charge in [0, 0.05) is 23.8 Å². The molecule has 4 heterocycles. The van der Waals surface area contributed by atoms with E-state index in [0.717, 1.165) is 27.6 Å². The summed E-state index contributed by atoms with van der Waals surface area (Å²) in [5.41, 5.74) is 5.41. The molecule has 0 fully saturated rings. The topological polar surface area (TPSA) is 133 Å². The van der Waals surface area contributed by atoms with Crippen molar-refractivity contribution in [2.45, 2.75) is 13.5 Å². The molecule has 0 radical (unpaired) electrons. The summed E-state index contributed by atoms with van der Waals surface area (Å²) in [5, 5.41) is 23.0. The first kappa shape index (κ1) is 18.2. The van der Waals surface area contributed by atoms with Crippen molar-refractivity contribution in [3.05, 3.63) is 53.7 Å². The van der Waals surface area contributed by atoms with Crippen LogP contribution in [-0.4, -0.2) is 53.3 Å². The molecule has 0 spiro atoms. The minimum absolute atomic E-state index is 0.205. The lowest BCUT2D eigenvalue weighted by molar-refractivity contribution is -0.113. The third kappa shape index (κ3) is 2.75. The van der Waals surface area contributed by atoms with Crippen LogP contribution < -0.4 is 10.2 Å². The van der Waals surface area contributed by atoms with E-state index in [9.17, 15) is 4.79 Å². The molecule has 2 aromatic carbocycles. The molecule has 0 saturated heterocycles. The van der Waals surface area contributed by atoms with Gasteiger partial charge < -0.3 is 15.2 Å². The van der Waals surface area contributed by atoms with Crippen LogP contribution >= 0.6 is 0 Å². The Morgan fingerprint density at radius 3 is 2.91 bits per heavy atom. The number of nitrogens with zero attached hydrogens (tertiary/aromatic N) is 7. The number of hydrogen-bond donors (Lipinski definition) is 3. The molecule has 1 aliphatic rings. The predicted molar refractivity (Wildman–Crippen MR) is 119 cm³/mol. The van der Waals surface area contributed by atoms with Crippen LogP contribution in [0.15, 0.2) is 53.7 Å². The fourth-order valence-electron chi connectivity index (χ4n) is 3.94. The number of aromatic nitrogens is 8. The zero-order chi connectivity index (χ0) is 21.8. The molecular formula is C21H18N10O. The first-order valence-corrected chi connectivity index (χ1v) is 10.0. The summed E-state index contributed by atoms with van der Waals surface area (Å²) in [6.07, 6.45) is 0. The van der Waals surface area contributed by atoms with E-state index in [4.69, 9.17) is 0 Å². The van der Waals surface area contributed by atoms with Gasteiger partial charge in [0.25, 0.3) is 5.91 Å². The average molecular weight is 426 g/mol. The Morgan fingerprint density at radius 1 is 1.16 bits per heavy atom. The van der Waals surface area contributed by atoms with Gasteiger partial charge in [-0.15, -0.1) is 0 Å². The van der Waals surface area contributed by atoms with Gasteiger partial charge in [-0.25, -0.2) is 9.67 Å². The molecule has 5 aromatic rings. The summed E-state index contributed by atoms with van der Waals surface area (Å²) >= 11 is 0. The van der Waals surface area contributed by atoms with E-state index in [1.807, 2.05) is 56.4 Å². The second-order valence-electron chi connectivity index (χ2n) is 7.65. The number of fused-ring (bicyclic) bond motifs is 3. The molecule has 0 unspecified atom stereocenters. The molecule has 6 rings (SSSR count). The van der Waals surface area contributed by atoms with Crippen LogP contribution in [0.25, 0.3) is 33.5 Å². The highest BCUT2D eigenvalue weighted by molar-refractivity contribution is 6.06. The number of benzene rings is 2. The molecule has 32 heavy (non-hydrogen) atoms. The van der Waals surface area contributed by atoms with Gasteiger partial charge in [-0.05, 0) is 47.7 Å². The number of rotatable bonds is 3. The standard InChI is InChI=1S/C21H18N10O/c1-11-14(10-31-21(30(11)2)27-28-29-31)20(32)22-12-7-8-15-13(9-12)18(26-25-15)19-23-16-5-3-4-6-17(16)24-19/h3-9H,10H2,1-2H3,(H,22,32)(H,23,24)(H,25,26). The number of tetrazole rings is 1. The number of aromatic amines is 2. The van der Waals surface area contributed by atoms with Crippen molar-refractivity contribution >= 4 is 39.5 Å². The Kier molecular flexibility index (Phi) is 3.84. The van der Waals surface area contributed by atoms with Crippen LogP contribution in [-0.2, 0) is 11.3 Å². The van der Waals surface area contributed by atoms with E-state index in [0.29, 0.717) is 35.3 Å². The largest absolute Gasteiger partial charge is 0.337 e. The van der Waals surface area contributed by atoms with Crippen molar-refractivity contribution in [1.29, 1.82) is 0 Å².